The van der Waals surface area contributed by atoms with Gasteiger partial charge >= 0.3 is 5.69 Å². The molecule has 6 heteroatoms. The summed E-state index contributed by atoms with van der Waals surface area (Å²) in [7, 11) is 0. The molecule has 0 bridgehead atoms. The van der Waals surface area contributed by atoms with Crippen molar-refractivity contribution in [3.05, 3.63) is 82.2 Å². The molecule has 0 spiro atoms. The van der Waals surface area contributed by atoms with Crippen molar-refractivity contribution in [1.82, 2.24) is 20.3 Å². The largest absolute Gasteiger partial charge is 0.347 e. The van der Waals surface area contributed by atoms with Gasteiger partial charge in [-0.3, -0.25) is 9.78 Å². The molecule has 0 saturated carbocycles. The molecule has 0 aliphatic rings. The number of carbonyl (C=O) groups excluding carboxylic acids is 1. The molecule has 2 aromatic heterocycles. The van der Waals surface area contributed by atoms with E-state index in [0.29, 0.717) is 18.2 Å². The molecule has 1 aromatic carbocycles. The number of carbonyl (C=O) groups is 1. The molecule has 0 aliphatic heterocycles. The maximum atomic E-state index is 12.4. The van der Waals surface area contributed by atoms with Gasteiger partial charge in [-0.15, -0.1) is 0 Å². The first kappa shape index (κ1) is 17.5. The highest BCUT2D eigenvalue weighted by Crippen LogP contribution is 2.20. The van der Waals surface area contributed by atoms with Crippen LogP contribution in [0.15, 0.2) is 59.7 Å². The average Bonchev–Trinajstić information content (AvgIpc) is 2.66. The van der Waals surface area contributed by atoms with Crippen molar-refractivity contribution in [2.75, 3.05) is 0 Å². The Morgan fingerprint density at radius 3 is 2.46 bits per heavy atom. The molecule has 0 atom stereocenters. The fourth-order valence-electron chi connectivity index (χ4n) is 2.54. The van der Waals surface area contributed by atoms with Gasteiger partial charge in [-0.25, -0.2) is 4.79 Å². The van der Waals surface area contributed by atoms with E-state index in [0.717, 1.165) is 11.1 Å². The van der Waals surface area contributed by atoms with E-state index >= 15 is 0 Å². The third-order valence-corrected chi connectivity index (χ3v) is 4.06. The lowest BCUT2D eigenvalue weighted by Gasteiger charge is -2.08. The van der Waals surface area contributed by atoms with Crippen LogP contribution in [0.4, 0.5) is 0 Å². The summed E-state index contributed by atoms with van der Waals surface area (Å²) >= 11 is 0. The topological polar surface area (TPSA) is 87.7 Å². The lowest BCUT2D eigenvalue weighted by atomic mass is 10.0. The molecule has 0 aliphatic carbocycles. The first-order valence-electron chi connectivity index (χ1n) is 8.42. The minimum atomic E-state index is -0.551. The van der Waals surface area contributed by atoms with Gasteiger partial charge in [0.2, 0.25) is 0 Å². The summed E-state index contributed by atoms with van der Waals surface area (Å²) in [5.74, 6) is 0.0621. The van der Waals surface area contributed by atoms with E-state index in [1.54, 1.807) is 18.5 Å². The minimum Gasteiger partial charge on any atom is -0.347 e. The van der Waals surface area contributed by atoms with E-state index in [9.17, 15) is 9.59 Å². The van der Waals surface area contributed by atoms with Crippen LogP contribution in [0.3, 0.4) is 0 Å². The number of pyridine rings is 1. The zero-order valence-corrected chi connectivity index (χ0v) is 14.7. The Hall–Kier alpha value is -3.28. The SMILES string of the molecule is CC(C)c1ccc(-c2cc(C(=O)NCc3ccncc3)[nH]c(=O)n2)cc1. The Bertz CT molecular complexity index is 948. The van der Waals surface area contributed by atoms with Gasteiger partial charge in [-0.1, -0.05) is 38.1 Å². The third-order valence-electron chi connectivity index (χ3n) is 4.06. The molecule has 3 rings (SSSR count). The molecule has 6 nitrogen and oxygen atoms in total. The molecule has 0 saturated heterocycles. The number of benzene rings is 1. The van der Waals surface area contributed by atoms with E-state index in [-0.39, 0.29) is 11.6 Å². The van der Waals surface area contributed by atoms with Crippen LogP contribution >= 0.6 is 0 Å². The van der Waals surface area contributed by atoms with Gasteiger partial charge in [-0.05, 0) is 35.2 Å². The van der Waals surface area contributed by atoms with Gasteiger partial charge in [-0.2, -0.15) is 4.98 Å². The lowest BCUT2D eigenvalue weighted by molar-refractivity contribution is 0.0945. The average molecular weight is 348 g/mol. The van der Waals surface area contributed by atoms with Gasteiger partial charge in [0, 0.05) is 24.5 Å². The molecule has 1 amide bonds. The molecule has 0 radical (unpaired) electrons. The molecule has 0 fully saturated rings. The Morgan fingerprint density at radius 2 is 1.81 bits per heavy atom. The van der Waals surface area contributed by atoms with Gasteiger partial charge < -0.3 is 10.3 Å². The number of nitrogens with zero attached hydrogens (tertiary/aromatic N) is 2. The Balaban J connectivity index is 1.80. The van der Waals surface area contributed by atoms with Crippen molar-refractivity contribution in [3.63, 3.8) is 0 Å². The molecular formula is C20H20N4O2. The summed E-state index contributed by atoms with van der Waals surface area (Å²) in [5.41, 5.74) is 3.02. The maximum Gasteiger partial charge on any atom is 0.346 e. The molecule has 2 heterocycles. The first-order chi connectivity index (χ1) is 12.5. The number of H-pyrrole nitrogens is 1. The monoisotopic (exact) mass is 348 g/mol. The smallest absolute Gasteiger partial charge is 0.346 e. The predicted octanol–water partition coefficient (Wildman–Crippen LogP) is 2.89. The fourth-order valence-corrected chi connectivity index (χ4v) is 2.54. The molecule has 0 unspecified atom stereocenters. The lowest BCUT2D eigenvalue weighted by Crippen LogP contribution is -2.27. The number of aromatic amines is 1. The zero-order chi connectivity index (χ0) is 18.5. The number of amides is 1. The standard InChI is InChI=1S/C20H20N4O2/c1-13(2)15-3-5-16(6-4-15)17-11-18(24-20(26)23-17)19(25)22-12-14-7-9-21-10-8-14/h3-11,13H,12H2,1-2H3,(H,22,25)(H,23,24,26). The number of rotatable bonds is 5. The minimum absolute atomic E-state index is 0.182. The fraction of sp³-hybridized carbons (Fsp3) is 0.200. The van der Waals surface area contributed by atoms with Crippen LogP contribution in [-0.2, 0) is 6.54 Å². The van der Waals surface area contributed by atoms with Crippen LogP contribution in [0.2, 0.25) is 0 Å². The van der Waals surface area contributed by atoms with Crippen LogP contribution in [0, 0.1) is 0 Å². The highest BCUT2D eigenvalue weighted by Gasteiger charge is 2.11. The third kappa shape index (κ3) is 4.22. The van der Waals surface area contributed by atoms with Crippen molar-refractivity contribution >= 4 is 5.91 Å². The van der Waals surface area contributed by atoms with Crippen molar-refractivity contribution < 1.29 is 4.79 Å². The second-order valence-electron chi connectivity index (χ2n) is 6.30. The molecule has 26 heavy (non-hydrogen) atoms. The van der Waals surface area contributed by atoms with Crippen LogP contribution in [0.1, 0.15) is 41.4 Å². The summed E-state index contributed by atoms with van der Waals surface area (Å²) in [6, 6.07) is 13.1. The summed E-state index contributed by atoms with van der Waals surface area (Å²) in [6.07, 6.45) is 3.32. The molecule has 2 N–H and O–H groups in total. The van der Waals surface area contributed by atoms with E-state index in [2.05, 4.69) is 34.1 Å². The maximum absolute atomic E-state index is 12.4. The second kappa shape index (κ2) is 7.74. The van der Waals surface area contributed by atoms with Crippen LogP contribution in [-0.4, -0.2) is 20.9 Å². The van der Waals surface area contributed by atoms with Crippen LogP contribution in [0.5, 0.6) is 0 Å². The van der Waals surface area contributed by atoms with Crippen molar-refractivity contribution in [2.45, 2.75) is 26.3 Å². The summed E-state index contributed by atoms with van der Waals surface area (Å²) < 4.78 is 0. The summed E-state index contributed by atoms with van der Waals surface area (Å²) in [6.45, 7) is 4.58. The molecule has 132 valence electrons. The Labute approximate surface area is 151 Å². The summed E-state index contributed by atoms with van der Waals surface area (Å²) in [4.78, 5) is 34.7. The highest BCUT2D eigenvalue weighted by atomic mass is 16.2. The van der Waals surface area contributed by atoms with Crippen LogP contribution in [0.25, 0.3) is 11.3 Å². The number of hydrogen-bond donors (Lipinski definition) is 2. The number of hydrogen-bond acceptors (Lipinski definition) is 4. The van der Waals surface area contributed by atoms with E-state index in [4.69, 9.17) is 0 Å². The number of nitrogens with one attached hydrogen (secondary N) is 2. The zero-order valence-electron chi connectivity index (χ0n) is 14.7. The van der Waals surface area contributed by atoms with E-state index < -0.39 is 5.69 Å². The Morgan fingerprint density at radius 1 is 1.12 bits per heavy atom. The van der Waals surface area contributed by atoms with Gasteiger partial charge in [0.25, 0.3) is 5.91 Å². The first-order valence-corrected chi connectivity index (χ1v) is 8.42. The Kier molecular flexibility index (Phi) is 5.22. The normalized spacial score (nSPS) is 10.7. The van der Waals surface area contributed by atoms with Gasteiger partial charge in [0.15, 0.2) is 0 Å². The second-order valence-corrected chi connectivity index (χ2v) is 6.30. The number of aromatic nitrogens is 3. The summed E-state index contributed by atoms with van der Waals surface area (Å²) in [5, 5.41) is 2.78. The highest BCUT2D eigenvalue weighted by molar-refractivity contribution is 5.93. The molecule has 3 aromatic rings. The quantitative estimate of drug-likeness (QED) is 0.742. The predicted molar refractivity (Wildman–Crippen MR) is 99.8 cm³/mol. The molecular weight excluding hydrogens is 328 g/mol. The van der Waals surface area contributed by atoms with E-state index in [1.807, 2.05) is 36.4 Å². The van der Waals surface area contributed by atoms with E-state index in [1.165, 1.54) is 5.56 Å². The van der Waals surface area contributed by atoms with Crippen molar-refractivity contribution in [3.8, 4) is 11.3 Å². The van der Waals surface area contributed by atoms with Crippen LogP contribution < -0.4 is 11.0 Å². The van der Waals surface area contributed by atoms with Gasteiger partial charge in [0.05, 0.1) is 5.69 Å². The van der Waals surface area contributed by atoms with Crippen molar-refractivity contribution in [2.24, 2.45) is 0 Å². The van der Waals surface area contributed by atoms with Gasteiger partial charge in [0.1, 0.15) is 5.69 Å². The van der Waals surface area contributed by atoms with Crippen molar-refractivity contribution in [1.29, 1.82) is 0 Å².